The fraction of sp³-hybridized carbons (Fsp3) is 0.333. The zero-order chi connectivity index (χ0) is 18.9. The smallest absolute Gasteiger partial charge is 0.253 e. The molecule has 2 rings (SSSR count). The number of hydrogen-bond acceptors (Lipinski definition) is 4. The number of carbonyl (C=O) groups excluding carboxylic acids is 1. The largest absolute Gasteiger partial charge is 0.493 e. The topological polar surface area (TPSA) is 50.7 Å². The highest BCUT2D eigenvalue weighted by Gasteiger charge is 2.13. The first-order valence-electron chi connectivity index (χ1n) is 8.73. The maximum Gasteiger partial charge on any atom is 0.253 e. The van der Waals surface area contributed by atoms with Crippen LogP contribution >= 0.6 is 11.8 Å². The van der Waals surface area contributed by atoms with Crippen LogP contribution in [-0.4, -0.2) is 24.0 Å². The van der Waals surface area contributed by atoms with Crippen molar-refractivity contribution in [1.82, 2.24) is 5.43 Å². The Morgan fingerprint density at radius 3 is 2.38 bits per heavy atom. The lowest BCUT2D eigenvalue weighted by Gasteiger charge is -2.09. The van der Waals surface area contributed by atoms with Gasteiger partial charge in [-0.05, 0) is 61.7 Å². The summed E-state index contributed by atoms with van der Waals surface area (Å²) in [5, 5.41) is 3.82. The summed E-state index contributed by atoms with van der Waals surface area (Å²) in [5.41, 5.74) is 4.70. The second-order valence-electron chi connectivity index (χ2n) is 6.58. The highest BCUT2D eigenvalue weighted by Crippen LogP contribution is 2.23. The zero-order valence-corrected chi connectivity index (χ0v) is 16.5. The van der Waals surface area contributed by atoms with Gasteiger partial charge in [-0.15, -0.1) is 11.8 Å². The molecule has 2 aromatic carbocycles. The van der Waals surface area contributed by atoms with E-state index in [1.54, 1.807) is 6.21 Å². The number of aryl methyl sites for hydroxylation is 1. The van der Waals surface area contributed by atoms with Crippen molar-refractivity contribution in [3.63, 3.8) is 0 Å². The Hall–Kier alpha value is -2.27. The van der Waals surface area contributed by atoms with Gasteiger partial charge in [0.1, 0.15) is 5.75 Å². The van der Waals surface area contributed by atoms with Gasteiger partial charge < -0.3 is 4.74 Å². The van der Waals surface area contributed by atoms with Crippen molar-refractivity contribution in [2.45, 2.75) is 37.8 Å². The van der Waals surface area contributed by atoms with Crippen LogP contribution in [-0.2, 0) is 4.79 Å². The maximum absolute atomic E-state index is 12.1. The van der Waals surface area contributed by atoms with Gasteiger partial charge in [-0.3, -0.25) is 4.79 Å². The van der Waals surface area contributed by atoms with Crippen molar-refractivity contribution in [3.05, 3.63) is 59.7 Å². The summed E-state index contributed by atoms with van der Waals surface area (Å²) in [5.74, 6) is 1.21. The van der Waals surface area contributed by atoms with Crippen LogP contribution in [0.5, 0.6) is 5.75 Å². The normalized spacial score (nSPS) is 12.3. The number of rotatable bonds is 8. The summed E-state index contributed by atoms with van der Waals surface area (Å²) in [4.78, 5) is 13.2. The van der Waals surface area contributed by atoms with Crippen LogP contribution in [0.1, 0.15) is 31.9 Å². The average Bonchev–Trinajstić information content (AvgIpc) is 2.62. The molecule has 0 saturated carbocycles. The van der Waals surface area contributed by atoms with Crippen LogP contribution in [0.3, 0.4) is 0 Å². The summed E-state index contributed by atoms with van der Waals surface area (Å²) < 4.78 is 5.64. The molecule has 0 aliphatic rings. The van der Waals surface area contributed by atoms with Crippen LogP contribution in [0.25, 0.3) is 0 Å². The number of nitrogens with zero attached hydrogens (tertiary/aromatic N) is 1. The zero-order valence-electron chi connectivity index (χ0n) is 15.7. The number of hydrazone groups is 1. The molecule has 1 N–H and O–H groups in total. The Morgan fingerprint density at radius 1 is 1.12 bits per heavy atom. The number of ether oxygens (including phenoxy) is 1. The van der Waals surface area contributed by atoms with E-state index in [4.69, 9.17) is 4.74 Å². The number of carbonyl (C=O) groups is 1. The van der Waals surface area contributed by atoms with Gasteiger partial charge in [0.05, 0.1) is 18.1 Å². The molecular weight excluding hydrogens is 344 g/mol. The van der Waals surface area contributed by atoms with Crippen LogP contribution in [0, 0.1) is 12.8 Å². The summed E-state index contributed by atoms with van der Waals surface area (Å²) in [6.07, 6.45) is 1.63. The lowest BCUT2D eigenvalue weighted by molar-refractivity contribution is -0.120. The van der Waals surface area contributed by atoms with E-state index in [9.17, 15) is 4.79 Å². The Bertz CT molecular complexity index is 725. The molecule has 0 heterocycles. The fourth-order valence-corrected chi connectivity index (χ4v) is 2.91. The van der Waals surface area contributed by atoms with Crippen LogP contribution in [0.2, 0.25) is 0 Å². The van der Waals surface area contributed by atoms with E-state index in [1.807, 2.05) is 62.4 Å². The van der Waals surface area contributed by atoms with E-state index in [1.165, 1.54) is 17.3 Å². The van der Waals surface area contributed by atoms with Gasteiger partial charge in [0.15, 0.2) is 0 Å². The van der Waals surface area contributed by atoms with Crippen molar-refractivity contribution in [3.8, 4) is 5.75 Å². The first-order valence-corrected chi connectivity index (χ1v) is 9.61. The number of hydrogen-bond donors (Lipinski definition) is 1. The molecule has 138 valence electrons. The molecule has 0 bridgehead atoms. The third kappa shape index (κ3) is 6.92. The molecule has 0 radical (unpaired) electrons. The quantitative estimate of drug-likeness (QED) is 0.418. The highest BCUT2D eigenvalue weighted by molar-refractivity contribution is 8.00. The monoisotopic (exact) mass is 370 g/mol. The SMILES string of the molecule is Cc1ccc(S[C@@H](C)C(=O)N/N=C\c2ccc(OCC(C)C)cc2)cc1. The van der Waals surface area contributed by atoms with E-state index in [-0.39, 0.29) is 11.2 Å². The Morgan fingerprint density at radius 2 is 1.77 bits per heavy atom. The molecule has 1 atom stereocenters. The van der Waals surface area contributed by atoms with Crippen molar-refractivity contribution in [2.24, 2.45) is 11.0 Å². The lowest BCUT2D eigenvalue weighted by atomic mass is 10.2. The third-order valence-electron chi connectivity index (χ3n) is 3.55. The van der Waals surface area contributed by atoms with Crippen LogP contribution in [0.4, 0.5) is 0 Å². The standard InChI is InChI=1S/C21H26N2O2S/c1-15(2)14-25-19-9-7-18(8-10-19)13-22-23-21(24)17(4)26-20-11-5-16(3)6-12-20/h5-13,15,17H,14H2,1-4H3,(H,23,24)/b22-13-/t17-/m0/s1. The average molecular weight is 371 g/mol. The molecule has 0 aliphatic carbocycles. The lowest BCUT2D eigenvalue weighted by Crippen LogP contribution is -2.26. The molecule has 0 aliphatic heterocycles. The minimum absolute atomic E-state index is 0.122. The van der Waals surface area contributed by atoms with Crippen molar-refractivity contribution < 1.29 is 9.53 Å². The molecule has 4 nitrogen and oxygen atoms in total. The van der Waals surface area contributed by atoms with Gasteiger partial charge in [0.2, 0.25) is 0 Å². The summed E-state index contributed by atoms with van der Waals surface area (Å²) in [6, 6.07) is 15.8. The number of nitrogens with one attached hydrogen (secondary N) is 1. The van der Waals surface area contributed by atoms with Crippen LogP contribution < -0.4 is 10.2 Å². The fourth-order valence-electron chi connectivity index (χ4n) is 2.05. The van der Waals surface area contributed by atoms with Gasteiger partial charge >= 0.3 is 0 Å². The number of benzene rings is 2. The van der Waals surface area contributed by atoms with E-state index in [0.717, 1.165) is 16.2 Å². The predicted molar refractivity (Wildman–Crippen MR) is 109 cm³/mol. The van der Waals surface area contributed by atoms with E-state index in [2.05, 4.69) is 24.4 Å². The molecule has 1 amide bonds. The van der Waals surface area contributed by atoms with E-state index in [0.29, 0.717) is 12.5 Å². The first-order chi connectivity index (χ1) is 12.4. The van der Waals surface area contributed by atoms with E-state index < -0.39 is 0 Å². The molecular formula is C21H26N2O2S. The molecule has 0 fully saturated rings. The van der Waals surface area contributed by atoms with Gasteiger partial charge in [0, 0.05) is 4.90 Å². The Labute approximate surface area is 160 Å². The molecule has 0 unspecified atom stereocenters. The molecule has 2 aromatic rings. The summed E-state index contributed by atoms with van der Waals surface area (Å²) in [7, 11) is 0. The van der Waals surface area contributed by atoms with Gasteiger partial charge in [0.25, 0.3) is 5.91 Å². The summed E-state index contributed by atoms with van der Waals surface area (Å²) in [6.45, 7) is 8.84. The van der Waals surface area contributed by atoms with Gasteiger partial charge in [-0.25, -0.2) is 5.43 Å². The van der Waals surface area contributed by atoms with Crippen molar-refractivity contribution in [1.29, 1.82) is 0 Å². The number of thioether (sulfide) groups is 1. The minimum Gasteiger partial charge on any atom is -0.493 e. The highest BCUT2D eigenvalue weighted by atomic mass is 32.2. The molecule has 26 heavy (non-hydrogen) atoms. The van der Waals surface area contributed by atoms with Crippen molar-refractivity contribution in [2.75, 3.05) is 6.61 Å². The second kappa shape index (κ2) is 10.0. The Kier molecular flexibility index (Phi) is 7.73. The first kappa shape index (κ1) is 20.0. The second-order valence-corrected chi connectivity index (χ2v) is 8.00. The molecule has 0 aromatic heterocycles. The number of amides is 1. The molecule has 0 saturated heterocycles. The Balaban J connectivity index is 1.81. The summed E-state index contributed by atoms with van der Waals surface area (Å²) >= 11 is 1.51. The predicted octanol–water partition coefficient (Wildman–Crippen LogP) is 4.66. The molecule has 5 heteroatoms. The molecule has 0 spiro atoms. The van der Waals surface area contributed by atoms with Gasteiger partial charge in [-0.1, -0.05) is 31.5 Å². The maximum atomic E-state index is 12.1. The van der Waals surface area contributed by atoms with E-state index >= 15 is 0 Å². The third-order valence-corrected chi connectivity index (χ3v) is 4.67. The van der Waals surface area contributed by atoms with Gasteiger partial charge in [-0.2, -0.15) is 5.10 Å². The van der Waals surface area contributed by atoms with Crippen LogP contribution in [0.15, 0.2) is 58.5 Å². The van der Waals surface area contributed by atoms with Crippen molar-refractivity contribution >= 4 is 23.9 Å². The minimum atomic E-state index is -0.221.